The van der Waals surface area contributed by atoms with E-state index in [1.54, 1.807) is 29.8 Å². The molecule has 2 saturated heterocycles. The first-order valence-corrected chi connectivity index (χ1v) is 12.3. The molecule has 0 saturated carbocycles. The first-order chi connectivity index (χ1) is 17.5. The molecule has 1 aromatic heterocycles. The molecular formula is C27H31FN6O3. The molecule has 0 radical (unpaired) electrons. The summed E-state index contributed by atoms with van der Waals surface area (Å²) >= 11 is 0. The summed E-state index contributed by atoms with van der Waals surface area (Å²) in [4.78, 5) is 17.8. The molecule has 0 atom stereocenters. The van der Waals surface area contributed by atoms with Crippen molar-refractivity contribution in [3.8, 4) is 11.8 Å². The zero-order valence-corrected chi connectivity index (χ0v) is 20.8. The van der Waals surface area contributed by atoms with Crippen molar-refractivity contribution in [2.24, 2.45) is 0 Å². The number of ether oxygens (including phenoxy) is 1. The Hall–Kier alpha value is -3.78. The number of carbonyl (C=O) groups excluding carboxylic acids is 1. The minimum Gasteiger partial charge on any atom is -0.412 e. The Bertz CT molecular complexity index is 1270. The summed E-state index contributed by atoms with van der Waals surface area (Å²) in [5.41, 5.74) is 3.71. The van der Waals surface area contributed by atoms with Crippen LogP contribution in [0, 0.1) is 24.1 Å². The van der Waals surface area contributed by atoms with Crippen LogP contribution in [0.2, 0.25) is 0 Å². The molecular weight excluding hydrogens is 475 g/mol. The highest BCUT2D eigenvalue weighted by Crippen LogP contribution is 2.28. The van der Waals surface area contributed by atoms with Gasteiger partial charge in [0.15, 0.2) is 0 Å². The first kappa shape index (κ1) is 26.3. The van der Waals surface area contributed by atoms with Crippen molar-refractivity contribution in [2.75, 3.05) is 49.6 Å². The Morgan fingerprint density at radius 3 is 2.49 bits per heavy atom. The maximum atomic E-state index is 13.3. The summed E-state index contributed by atoms with van der Waals surface area (Å²) in [6.07, 6.45) is 3.60. The predicted molar refractivity (Wildman–Crippen MR) is 139 cm³/mol. The van der Waals surface area contributed by atoms with Crippen LogP contribution in [0.25, 0.3) is 5.69 Å². The van der Waals surface area contributed by atoms with Crippen LogP contribution < -0.4 is 10.2 Å². The standard InChI is InChI=1S/C27H29FN6O2.H2O/c1-19-25(18-30-34(19)24-5-2-21(28)3-6-24)27(35)31-22-4-7-26(20(16-22)17-29)33-10-8-23(9-11-33)32-12-14-36-15-13-32;/h2-7,16,18,23H,8-15H2,1H3,(H,31,35);1H2. The Labute approximate surface area is 215 Å². The van der Waals surface area contributed by atoms with E-state index < -0.39 is 0 Å². The number of nitriles is 1. The molecule has 2 aliphatic heterocycles. The highest BCUT2D eigenvalue weighted by atomic mass is 19.1. The van der Waals surface area contributed by atoms with Crippen LogP contribution in [-0.4, -0.2) is 71.5 Å². The third kappa shape index (κ3) is 5.64. The zero-order chi connectivity index (χ0) is 25.1. The van der Waals surface area contributed by atoms with E-state index in [4.69, 9.17) is 4.74 Å². The SMILES string of the molecule is Cc1c(C(=O)Nc2ccc(N3CCC(N4CCOCC4)CC3)c(C#N)c2)cnn1-c1ccc(F)cc1.O. The number of benzene rings is 2. The number of halogens is 1. The van der Waals surface area contributed by atoms with E-state index in [0.29, 0.717) is 34.2 Å². The summed E-state index contributed by atoms with van der Waals surface area (Å²) in [5.74, 6) is -0.649. The summed E-state index contributed by atoms with van der Waals surface area (Å²) in [7, 11) is 0. The third-order valence-electron chi connectivity index (χ3n) is 7.07. The number of hydrogen-bond acceptors (Lipinski definition) is 6. The number of aromatic nitrogens is 2. The van der Waals surface area contributed by atoms with Crippen molar-refractivity contribution in [1.82, 2.24) is 14.7 Å². The predicted octanol–water partition coefficient (Wildman–Crippen LogP) is 2.92. The van der Waals surface area contributed by atoms with Crippen LogP contribution in [-0.2, 0) is 4.74 Å². The molecule has 194 valence electrons. The molecule has 3 N–H and O–H groups in total. The van der Waals surface area contributed by atoms with E-state index in [0.717, 1.165) is 57.9 Å². The van der Waals surface area contributed by atoms with Crippen LogP contribution in [0.3, 0.4) is 0 Å². The fourth-order valence-corrected chi connectivity index (χ4v) is 5.07. The normalized spacial score (nSPS) is 16.6. The van der Waals surface area contributed by atoms with Gasteiger partial charge in [-0.2, -0.15) is 10.4 Å². The molecule has 9 nitrogen and oxygen atoms in total. The number of piperidine rings is 1. The first-order valence-electron chi connectivity index (χ1n) is 12.3. The molecule has 1 amide bonds. The number of rotatable bonds is 5. The zero-order valence-electron chi connectivity index (χ0n) is 20.8. The minimum absolute atomic E-state index is 0. The van der Waals surface area contributed by atoms with Gasteiger partial charge in [-0.3, -0.25) is 9.69 Å². The van der Waals surface area contributed by atoms with Crippen LogP contribution in [0.5, 0.6) is 0 Å². The van der Waals surface area contributed by atoms with Crippen LogP contribution in [0.4, 0.5) is 15.8 Å². The fourth-order valence-electron chi connectivity index (χ4n) is 5.07. The maximum Gasteiger partial charge on any atom is 0.259 e. The summed E-state index contributed by atoms with van der Waals surface area (Å²) in [5, 5.41) is 17.0. The Morgan fingerprint density at radius 1 is 1.11 bits per heavy atom. The van der Waals surface area contributed by atoms with E-state index in [9.17, 15) is 14.4 Å². The molecule has 2 aromatic carbocycles. The molecule has 0 spiro atoms. The highest BCUT2D eigenvalue weighted by Gasteiger charge is 2.27. The molecule has 5 rings (SSSR count). The number of hydrogen-bond donors (Lipinski definition) is 1. The molecule has 0 aliphatic carbocycles. The van der Waals surface area contributed by atoms with E-state index in [1.807, 2.05) is 12.1 Å². The van der Waals surface area contributed by atoms with Gasteiger partial charge in [0.2, 0.25) is 0 Å². The Balaban J connectivity index is 0.00000320. The molecule has 10 heteroatoms. The largest absolute Gasteiger partial charge is 0.412 e. The Morgan fingerprint density at radius 2 is 1.81 bits per heavy atom. The van der Waals surface area contributed by atoms with Crippen LogP contribution in [0.1, 0.15) is 34.5 Å². The number of morpholine rings is 1. The van der Waals surface area contributed by atoms with Crippen molar-refractivity contribution in [2.45, 2.75) is 25.8 Å². The van der Waals surface area contributed by atoms with Gasteiger partial charge >= 0.3 is 0 Å². The van der Waals surface area contributed by atoms with Gasteiger partial charge in [0.25, 0.3) is 5.91 Å². The topological polar surface area (TPSA) is 118 Å². The quantitative estimate of drug-likeness (QED) is 0.569. The third-order valence-corrected chi connectivity index (χ3v) is 7.07. The summed E-state index contributed by atoms with van der Waals surface area (Å²) in [6.45, 7) is 7.16. The summed E-state index contributed by atoms with van der Waals surface area (Å²) in [6, 6.07) is 14.3. The molecule has 3 aromatic rings. The number of carbonyl (C=O) groups is 1. The number of nitrogens with zero attached hydrogens (tertiary/aromatic N) is 5. The van der Waals surface area contributed by atoms with Crippen molar-refractivity contribution in [1.29, 1.82) is 5.26 Å². The fraction of sp³-hybridized carbons (Fsp3) is 0.370. The van der Waals surface area contributed by atoms with E-state index in [1.165, 1.54) is 18.3 Å². The van der Waals surface area contributed by atoms with Crippen molar-refractivity contribution in [3.63, 3.8) is 0 Å². The van der Waals surface area contributed by atoms with E-state index in [2.05, 4.69) is 26.3 Å². The molecule has 0 unspecified atom stereocenters. The van der Waals surface area contributed by atoms with Crippen molar-refractivity contribution >= 4 is 17.3 Å². The van der Waals surface area contributed by atoms with E-state index in [-0.39, 0.29) is 17.2 Å². The lowest BCUT2D eigenvalue weighted by atomic mass is 10.0. The van der Waals surface area contributed by atoms with Gasteiger partial charge in [0.05, 0.1) is 47.6 Å². The van der Waals surface area contributed by atoms with Gasteiger partial charge in [0.1, 0.15) is 11.9 Å². The minimum atomic E-state index is -0.334. The monoisotopic (exact) mass is 506 g/mol. The number of anilines is 2. The second kappa shape index (κ2) is 11.5. The second-order valence-corrected chi connectivity index (χ2v) is 9.20. The lowest BCUT2D eigenvalue weighted by Gasteiger charge is -2.41. The average molecular weight is 507 g/mol. The van der Waals surface area contributed by atoms with E-state index >= 15 is 0 Å². The van der Waals surface area contributed by atoms with Crippen LogP contribution in [0.15, 0.2) is 48.7 Å². The van der Waals surface area contributed by atoms with Crippen molar-refractivity contribution in [3.05, 3.63) is 71.3 Å². The Kier molecular flexibility index (Phi) is 8.18. The van der Waals surface area contributed by atoms with Crippen LogP contribution >= 0.6 is 0 Å². The second-order valence-electron chi connectivity index (χ2n) is 9.20. The lowest BCUT2D eigenvalue weighted by molar-refractivity contribution is 0.0115. The molecule has 3 heterocycles. The lowest BCUT2D eigenvalue weighted by Crippen LogP contribution is -2.49. The maximum absolute atomic E-state index is 13.3. The average Bonchev–Trinajstić information content (AvgIpc) is 3.31. The molecule has 37 heavy (non-hydrogen) atoms. The van der Waals surface area contributed by atoms with Gasteiger partial charge in [-0.1, -0.05) is 0 Å². The smallest absolute Gasteiger partial charge is 0.259 e. The number of nitrogens with one attached hydrogen (secondary N) is 1. The van der Waals surface area contributed by atoms with Gasteiger partial charge in [-0.25, -0.2) is 9.07 Å². The summed E-state index contributed by atoms with van der Waals surface area (Å²) < 4.78 is 20.3. The molecule has 0 bridgehead atoms. The van der Waals surface area contributed by atoms with Crippen molar-refractivity contribution < 1.29 is 19.4 Å². The van der Waals surface area contributed by atoms with Gasteiger partial charge in [-0.05, 0) is 62.2 Å². The highest BCUT2D eigenvalue weighted by molar-refractivity contribution is 6.05. The van der Waals surface area contributed by atoms with Gasteiger partial charge in [-0.15, -0.1) is 0 Å². The molecule has 2 aliphatic rings. The van der Waals surface area contributed by atoms with Gasteiger partial charge in [0, 0.05) is 37.9 Å². The number of amides is 1. The molecule has 2 fully saturated rings. The van der Waals surface area contributed by atoms with Gasteiger partial charge < -0.3 is 20.4 Å².